The van der Waals surface area contributed by atoms with Crippen LogP contribution in [0.15, 0.2) is 65.5 Å². The number of hydrogen-bond acceptors (Lipinski definition) is 5. The molecule has 136 valence electrons. The largest absolute Gasteiger partial charge is 0.454 e. The Balaban J connectivity index is 1.49. The summed E-state index contributed by atoms with van der Waals surface area (Å²) >= 11 is 0. The summed E-state index contributed by atoms with van der Waals surface area (Å²) in [6.45, 7) is 0.438. The van der Waals surface area contributed by atoms with Crippen molar-refractivity contribution < 1.29 is 14.3 Å². The molecular weight excluding hydrogens is 346 g/mol. The Morgan fingerprint density at radius 1 is 1.04 bits per heavy atom. The predicted molar refractivity (Wildman–Crippen MR) is 98.3 cm³/mol. The van der Waals surface area contributed by atoms with Gasteiger partial charge in [-0.15, -0.1) is 0 Å². The second-order valence-corrected chi connectivity index (χ2v) is 6.04. The van der Waals surface area contributed by atoms with E-state index in [0.717, 1.165) is 15.8 Å². The van der Waals surface area contributed by atoms with Gasteiger partial charge in [0.1, 0.15) is 6.54 Å². The fourth-order valence-electron chi connectivity index (χ4n) is 2.76. The Morgan fingerprint density at radius 2 is 1.85 bits per heavy atom. The van der Waals surface area contributed by atoms with Crippen LogP contribution in [0, 0.1) is 0 Å². The van der Waals surface area contributed by atoms with Crippen LogP contribution in [0.2, 0.25) is 0 Å². The molecule has 0 spiro atoms. The second-order valence-electron chi connectivity index (χ2n) is 6.04. The molecule has 27 heavy (non-hydrogen) atoms. The maximum absolute atomic E-state index is 12.2. The molecule has 1 aliphatic rings. The summed E-state index contributed by atoms with van der Waals surface area (Å²) in [5.41, 5.74) is 2.00. The van der Waals surface area contributed by atoms with Crippen LogP contribution in [0.25, 0.3) is 11.3 Å². The number of ether oxygens (including phenoxy) is 2. The number of amides is 1. The normalized spacial score (nSPS) is 12.0. The molecule has 1 aliphatic heterocycles. The molecule has 0 saturated carbocycles. The molecule has 7 heteroatoms. The Bertz CT molecular complexity index is 1030. The number of fused-ring (bicyclic) bond motifs is 1. The molecule has 4 rings (SSSR count). The van der Waals surface area contributed by atoms with Gasteiger partial charge in [-0.1, -0.05) is 30.3 Å². The van der Waals surface area contributed by atoms with Gasteiger partial charge in [0.05, 0.1) is 5.69 Å². The molecule has 1 aromatic heterocycles. The molecule has 0 unspecified atom stereocenters. The van der Waals surface area contributed by atoms with Crippen molar-refractivity contribution in [3.63, 3.8) is 0 Å². The quantitative estimate of drug-likeness (QED) is 0.749. The van der Waals surface area contributed by atoms with Crippen LogP contribution < -0.4 is 20.3 Å². The van der Waals surface area contributed by atoms with Crippen molar-refractivity contribution in [2.24, 2.45) is 0 Å². The Kier molecular flexibility index (Phi) is 4.57. The molecular formula is C20H17N3O4. The summed E-state index contributed by atoms with van der Waals surface area (Å²) in [4.78, 5) is 24.3. The van der Waals surface area contributed by atoms with Gasteiger partial charge < -0.3 is 14.8 Å². The molecule has 7 nitrogen and oxygen atoms in total. The minimum atomic E-state index is -0.339. The first-order valence-electron chi connectivity index (χ1n) is 8.48. The van der Waals surface area contributed by atoms with Gasteiger partial charge in [0.2, 0.25) is 12.7 Å². The van der Waals surface area contributed by atoms with E-state index >= 15 is 0 Å². The molecule has 3 aromatic rings. The summed E-state index contributed by atoms with van der Waals surface area (Å²) in [6, 6.07) is 18.0. The minimum Gasteiger partial charge on any atom is -0.454 e. The lowest BCUT2D eigenvalue weighted by atomic mass is 10.1. The van der Waals surface area contributed by atoms with E-state index in [1.165, 1.54) is 6.07 Å². The fraction of sp³-hybridized carbons (Fsp3) is 0.150. The maximum atomic E-state index is 12.2. The van der Waals surface area contributed by atoms with E-state index in [1.54, 1.807) is 18.2 Å². The van der Waals surface area contributed by atoms with Crippen molar-refractivity contribution in [2.75, 3.05) is 6.79 Å². The van der Waals surface area contributed by atoms with Crippen LogP contribution in [0.5, 0.6) is 11.5 Å². The van der Waals surface area contributed by atoms with Crippen LogP contribution in [0.1, 0.15) is 5.56 Å². The van der Waals surface area contributed by atoms with E-state index in [2.05, 4.69) is 10.4 Å². The van der Waals surface area contributed by atoms with Crippen LogP contribution in [-0.4, -0.2) is 22.5 Å². The Labute approximate surface area is 155 Å². The highest BCUT2D eigenvalue weighted by atomic mass is 16.7. The molecule has 2 aromatic carbocycles. The number of hydrogen-bond donors (Lipinski definition) is 1. The van der Waals surface area contributed by atoms with Gasteiger partial charge in [0.15, 0.2) is 11.5 Å². The molecule has 1 amide bonds. The van der Waals surface area contributed by atoms with Gasteiger partial charge in [-0.3, -0.25) is 9.59 Å². The van der Waals surface area contributed by atoms with Crippen LogP contribution in [0.4, 0.5) is 0 Å². The highest BCUT2D eigenvalue weighted by Crippen LogP contribution is 2.35. The highest BCUT2D eigenvalue weighted by molar-refractivity contribution is 5.75. The fourth-order valence-corrected chi connectivity index (χ4v) is 2.76. The zero-order valence-electron chi connectivity index (χ0n) is 14.4. The first-order chi connectivity index (χ1) is 13.2. The number of aromatic nitrogens is 2. The van der Waals surface area contributed by atoms with Gasteiger partial charge >= 0.3 is 0 Å². The van der Waals surface area contributed by atoms with Crippen LogP contribution in [-0.2, 0) is 17.9 Å². The third kappa shape index (κ3) is 3.82. The average Bonchev–Trinajstić information content (AvgIpc) is 3.17. The molecule has 2 heterocycles. The van der Waals surface area contributed by atoms with Crippen LogP contribution >= 0.6 is 0 Å². The Morgan fingerprint density at radius 3 is 2.70 bits per heavy atom. The summed E-state index contributed by atoms with van der Waals surface area (Å²) in [7, 11) is 0. The van der Waals surface area contributed by atoms with E-state index < -0.39 is 0 Å². The topological polar surface area (TPSA) is 82.5 Å². The standard InChI is InChI=1S/C20H17N3O4/c24-19(21-11-14-4-2-1-3-5-14)12-23-20(25)9-7-16(22-23)15-6-8-17-18(10-15)27-13-26-17/h1-10H,11-13H2,(H,21,24). The third-order valence-electron chi connectivity index (χ3n) is 4.16. The number of carbonyl (C=O) groups is 1. The van der Waals surface area contributed by atoms with E-state index in [4.69, 9.17) is 9.47 Å². The molecule has 0 bridgehead atoms. The SMILES string of the molecule is O=C(Cn1nc(-c2ccc3c(c2)OCO3)ccc1=O)NCc1ccccc1. The first kappa shape index (κ1) is 16.8. The van der Waals surface area contributed by atoms with Crippen molar-refractivity contribution in [3.8, 4) is 22.8 Å². The van der Waals surface area contributed by atoms with Crippen molar-refractivity contribution >= 4 is 5.91 Å². The minimum absolute atomic E-state index is 0.149. The zero-order valence-corrected chi connectivity index (χ0v) is 14.4. The number of nitrogens with one attached hydrogen (secondary N) is 1. The number of benzene rings is 2. The molecule has 0 atom stereocenters. The summed E-state index contributed by atoms with van der Waals surface area (Å²) in [6.07, 6.45) is 0. The third-order valence-corrected chi connectivity index (χ3v) is 4.16. The van der Waals surface area contributed by atoms with Crippen molar-refractivity contribution in [2.45, 2.75) is 13.1 Å². The van der Waals surface area contributed by atoms with E-state index in [9.17, 15) is 9.59 Å². The lowest BCUT2D eigenvalue weighted by molar-refractivity contribution is -0.122. The van der Waals surface area contributed by atoms with Gasteiger partial charge in [-0.05, 0) is 29.8 Å². The molecule has 0 radical (unpaired) electrons. The molecule has 0 saturated heterocycles. The van der Waals surface area contributed by atoms with Gasteiger partial charge in [-0.2, -0.15) is 5.10 Å². The molecule has 0 fully saturated rings. The Hall–Kier alpha value is -3.61. The summed E-state index contributed by atoms with van der Waals surface area (Å²) in [5, 5.41) is 7.10. The predicted octanol–water partition coefficient (Wildman–Crippen LogP) is 1.96. The lowest BCUT2D eigenvalue weighted by Crippen LogP contribution is -2.33. The molecule has 0 aliphatic carbocycles. The van der Waals surface area contributed by atoms with Crippen molar-refractivity contribution in [1.82, 2.24) is 15.1 Å². The monoisotopic (exact) mass is 363 g/mol. The number of carbonyl (C=O) groups excluding carboxylic acids is 1. The lowest BCUT2D eigenvalue weighted by Gasteiger charge is -2.09. The molecule has 1 N–H and O–H groups in total. The van der Waals surface area contributed by atoms with Gasteiger partial charge in [-0.25, -0.2) is 4.68 Å². The van der Waals surface area contributed by atoms with Gasteiger partial charge in [0, 0.05) is 18.2 Å². The van der Waals surface area contributed by atoms with Gasteiger partial charge in [0.25, 0.3) is 5.56 Å². The second kappa shape index (κ2) is 7.33. The average molecular weight is 363 g/mol. The van der Waals surface area contributed by atoms with E-state index in [1.807, 2.05) is 36.4 Å². The summed E-state index contributed by atoms with van der Waals surface area (Å²) < 4.78 is 11.8. The maximum Gasteiger partial charge on any atom is 0.267 e. The smallest absolute Gasteiger partial charge is 0.267 e. The first-order valence-corrected chi connectivity index (χ1v) is 8.48. The summed E-state index contributed by atoms with van der Waals surface area (Å²) in [5.74, 6) is 1.02. The van der Waals surface area contributed by atoms with Crippen LogP contribution in [0.3, 0.4) is 0 Å². The number of nitrogens with zero attached hydrogens (tertiary/aromatic N) is 2. The van der Waals surface area contributed by atoms with Crippen molar-refractivity contribution in [1.29, 1.82) is 0 Å². The van der Waals surface area contributed by atoms with E-state index in [-0.39, 0.29) is 24.8 Å². The zero-order chi connectivity index (χ0) is 18.6. The number of rotatable bonds is 5. The van der Waals surface area contributed by atoms with Crippen molar-refractivity contribution in [3.05, 3.63) is 76.6 Å². The highest BCUT2D eigenvalue weighted by Gasteiger charge is 2.15. The van der Waals surface area contributed by atoms with E-state index in [0.29, 0.717) is 23.7 Å².